The van der Waals surface area contributed by atoms with Gasteiger partial charge in [0.05, 0.1) is 0 Å². The van der Waals surface area contributed by atoms with Gasteiger partial charge in [0.2, 0.25) is 0 Å². The third-order valence-electron chi connectivity index (χ3n) is 1.48. The second-order valence-corrected chi connectivity index (χ2v) is 2.48. The molecule has 0 unspecified atom stereocenters. The molecular formula is C10H11O. The van der Waals surface area contributed by atoms with Crippen LogP contribution in [0.1, 0.15) is 11.1 Å². The molecule has 0 aliphatic carbocycles. The van der Waals surface area contributed by atoms with E-state index in [1.807, 2.05) is 37.3 Å². The van der Waals surface area contributed by atoms with Gasteiger partial charge in [0.1, 0.15) is 6.61 Å². The molecule has 1 nitrogen and oxygen atoms in total. The fourth-order valence-corrected chi connectivity index (χ4v) is 0.862. The molecule has 0 bridgehead atoms. The van der Waals surface area contributed by atoms with Crippen molar-refractivity contribution in [1.82, 2.24) is 0 Å². The molecule has 0 aliphatic rings. The zero-order chi connectivity index (χ0) is 8.10. The minimum Gasteiger partial charge on any atom is -0.232 e. The lowest BCUT2D eigenvalue weighted by molar-refractivity contribution is 0.233. The molecule has 1 aromatic carbocycles. The summed E-state index contributed by atoms with van der Waals surface area (Å²) >= 11 is 0. The molecule has 0 aromatic heterocycles. The lowest BCUT2D eigenvalue weighted by Crippen LogP contribution is -1.74. The Hall–Kier alpha value is -1.08. The topological polar surface area (TPSA) is 19.9 Å². The van der Waals surface area contributed by atoms with Crippen LogP contribution in [-0.4, -0.2) is 6.61 Å². The Kier molecular flexibility index (Phi) is 2.87. The molecule has 0 heterocycles. The fraction of sp³-hybridized carbons (Fsp3) is 0.200. The van der Waals surface area contributed by atoms with Crippen molar-refractivity contribution in [2.45, 2.75) is 6.92 Å². The van der Waals surface area contributed by atoms with Gasteiger partial charge in [-0.15, -0.1) is 0 Å². The molecule has 1 aromatic rings. The number of rotatable bonds is 2. The second-order valence-electron chi connectivity index (χ2n) is 2.48. The zero-order valence-corrected chi connectivity index (χ0v) is 6.58. The third kappa shape index (κ3) is 2.56. The van der Waals surface area contributed by atoms with Crippen molar-refractivity contribution in [2.24, 2.45) is 0 Å². The molecular weight excluding hydrogens is 136 g/mol. The van der Waals surface area contributed by atoms with Crippen molar-refractivity contribution in [2.75, 3.05) is 6.61 Å². The highest BCUT2D eigenvalue weighted by atomic mass is 16.2. The summed E-state index contributed by atoms with van der Waals surface area (Å²) in [6.45, 7) is 1.90. The Balaban J connectivity index is 2.73. The molecule has 1 rings (SSSR count). The van der Waals surface area contributed by atoms with Gasteiger partial charge < -0.3 is 0 Å². The van der Waals surface area contributed by atoms with Crippen LogP contribution in [0, 0.1) is 6.92 Å². The largest absolute Gasteiger partial charge is 0.232 e. The van der Waals surface area contributed by atoms with Crippen LogP contribution in [0.25, 0.3) is 6.08 Å². The van der Waals surface area contributed by atoms with Gasteiger partial charge >= 0.3 is 0 Å². The number of aryl methyl sites for hydroxylation is 1. The lowest BCUT2D eigenvalue weighted by atomic mass is 10.1. The van der Waals surface area contributed by atoms with Crippen LogP contribution in [0.15, 0.2) is 30.3 Å². The van der Waals surface area contributed by atoms with Gasteiger partial charge in [-0.25, -0.2) is 5.11 Å². The van der Waals surface area contributed by atoms with Gasteiger partial charge in [-0.05, 0) is 12.5 Å². The predicted octanol–water partition coefficient (Wildman–Crippen LogP) is 2.44. The van der Waals surface area contributed by atoms with E-state index in [4.69, 9.17) is 0 Å². The Labute approximate surface area is 67.0 Å². The van der Waals surface area contributed by atoms with E-state index in [0.29, 0.717) is 0 Å². The van der Waals surface area contributed by atoms with Gasteiger partial charge in [0.15, 0.2) is 0 Å². The molecule has 0 amide bonds. The maximum absolute atomic E-state index is 10.1. The van der Waals surface area contributed by atoms with Crippen LogP contribution >= 0.6 is 0 Å². The molecule has 0 N–H and O–H groups in total. The fourth-order valence-electron chi connectivity index (χ4n) is 0.862. The van der Waals surface area contributed by atoms with Crippen molar-refractivity contribution in [1.29, 1.82) is 0 Å². The van der Waals surface area contributed by atoms with Gasteiger partial charge in [-0.3, -0.25) is 0 Å². The Bertz CT molecular complexity index is 234. The molecule has 0 aliphatic heterocycles. The molecule has 0 saturated heterocycles. The SMILES string of the molecule is Cc1ccc(C=CC[O])cc1. The van der Waals surface area contributed by atoms with E-state index in [-0.39, 0.29) is 6.61 Å². The first kappa shape index (κ1) is 8.02. The van der Waals surface area contributed by atoms with Crippen molar-refractivity contribution in [3.63, 3.8) is 0 Å². The molecule has 0 spiro atoms. The lowest BCUT2D eigenvalue weighted by Gasteiger charge is -1.92. The predicted molar refractivity (Wildman–Crippen MR) is 45.8 cm³/mol. The molecule has 57 valence electrons. The summed E-state index contributed by atoms with van der Waals surface area (Å²) in [4.78, 5) is 0. The summed E-state index contributed by atoms with van der Waals surface area (Å²) in [5.41, 5.74) is 2.33. The Morgan fingerprint density at radius 2 is 1.91 bits per heavy atom. The summed E-state index contributed by atoms with van der Waals surface area (Å²) in [6, 6.07) is 8.07. The second kappa shape index (κ2) is 3.94. The molecule has 0 saturated carbocycles. The van der Waals surface area contributed by atoms with E-state index in [1.54, 1.807) is 6.08 Å². The maximum Gasteiger partial charge on any atom is 0.101 e. The molecule has 1 radical (unpaired) electrons. The molecule has 11 heavy (non-hydrogen) atoms. The van der Waals surface area contributed by atoms with E-state index >= 15 is 0 Å². The van der Waals surface area contributed by atoms with E-state index in [9.17, 15) is 5.11 Å². The highest BCUT2D eigenvalue weighted by molar-refractivity contribution is 5.49. The standard InChI is InChI=1S/C10H11O/c1-9-4-6-10(7-5-9)3-2-8-11/h2-7H,8H2,1H3. The maximum atomic E-state index is 10.1. The van der Waals surface area contributed by atoms with Crippen LogP contribution in [0.4, 0.5) is 0 Å². The Morgan fingerprint density at radius 3 is 2.45 bits per heavy atom. The minimum atomic E-state index is -0.145. The van der Waals surface area contributed by atoms with Crippen LogP contribution in [0.3, 0.4) is 0 Å². The molecule has 1 heteroatoms. The minimum absolute atomic E-state index is 0.145. The van der Waals surface area contributed by atoms with Gasteiger partial charge in [-0.1, -0.05) is 42.0 Å². The monoisotopic (exact) mass is 147 g/mol. The first-order valence-corrected chi connectivity index (χ1v) is 3.64. The third-order valence-corrected chi connectivity index (χ3v) is 1.48. The molecule has 0 fully saturated rings. The molecule has 0 atom stereocenters. The number of benzene rings is 1. The van der Waals surface area contributed by atoms with Gasteiger partial charge in [-0.2, -0.15) is 0 Å². The van der Waals surface area contributed by atoms with E-state index in [0.717, 1.165) is 5.56 Å². The average Bonchev–Trinajstić information content (AvgIpc) is 2.04. The van der Waals surface area contributed by atoms with Crippen LogP contribution in [0.5, 0.6) is 0 Å². The van der Waals surface area contributed by atoms with Crippen LogP contribution < -0.4 is 0 Å². The van der Waals surface area contributed by atoms with Gasteiger partial charge in [0, 0.05) is 0 Å². The summed E-state index contributed by atoms with van der Waals surface area (Å²) in [6.07, 6.45) is 3.46. The normalized spacial score (nSPS) is 10.7. The summed E-state index contributed by atoms with van der Waals surface area (Å²) < 4.78 is 0. The average molecular weight is 147 g/mol. The number of hydrogen-bond acceptors (Lipinski definition) is 0. The van der Waals surface area contributed by atoms with Crippen molar-refractivity contribution in [3.05, 3.63) is 41.5 Å². The van der Waals surface area contributed by atoms with E-state index < -0.39 is 0 Å². The Morgan fingerprint density at radius 1 is 1.27 bits per heavy atom. The quantitative estimate of drug-likeness (QED) is 0.612. The highest BCUT2D eigenvalue weighted by Gasteiger charge is 1.84. The zero-order valence-electron chi connectivity index (χ0n) is 6.58. The van der Waals surface area contributed by atoms with Gasteiger partial charge in [0.25, 0.3) is 0 Å². The number of hydrogen-bond donors (Lipinski definition) is 0. The first-order chi connectivity index (χ1) is 5.33. The van der Waals surface area contributed by atoms with E-state index in [1.165, 1.54) is 5.56 Å². The summed E-state index contributed by atoms with van der Waals surface area (Å²) in [7, 11) is 0. The summed E-state index contributed by atoms with van der Waals surface area (Å²) in [5.74, 6) is 0. The smallest absolute Gasteiger partial charge is 0.101 e. The summed E-state index contributed by atoms with van der Waals surface area (Å²) in [5, 5.41) is 10.1. The van der Waals surface area contributed by atoms with E-state index in [2.05, 4.69) is 0 Å². The van der Waals surface area contributed by atoms with Crippen LogP contribution in [0.2, 0.25) is 0 Å². The van der Waals surface area contributed by atoms with Crippen LogP contribution in [-0.2, 0) is 5.11 Å². The first-order valence-electron chi connectivity index (χ1n) is 3.64. The van der Waals surface area contributed by atoms with Crippen molar-refractivity contribution >= 4 is 6.08 Å². The highest BCUT2D eigenvalue weighted by Crippen LogP contribution is 2.04. The van der Waals surface area contributed by atoms with Crippen molar-refractivity contribution in [3.8, 4) is 0 Å². The van der Waals surface area contributed by atoms with Crippen molar-refractivity contribution < 1.29 is 5.11 Å².